The second-order valence-electron chi connectivity index (χ2n) is 7.37. The third-order valence-corrected chi connectivity index (χ3v) is 5.44. The topological polar surface area (TPSA) is 83.2 Å². The highest BCUT2D eigenvalue weighted by atomic mass is 19.1. The number of benzene rings is 2. The molecule has 2 amide bonds. The fourth-order valence-electron chi connectivity index (χ4n) is 4.07. The van der Waals surface area contributed by atoms with Crippen LogP contribution in [0.5, 0.6) is 5.75 Å². The summed E-state index contributed by atoms with van der Waals surface area (Å²) in [7, 11) is 0. The van der Waals surface area contributed by atoms with Crippen molar-refractivity contribution in [1.82, 2.24) is 15.6 Å². The summed E-state index contributed by atoms with van der Waals surface area (Å²) in [5.74, 6) is -2.38. The number of aromatic amines is 1. The Kier molecular flexibility index (Phi) is 4.19. The van der Waals surface area contributed by atoms with Crippen LogP contribution in [0, 0.1) is 17.5 Å². The molecule has 0 aliphatic carbocycles. The molecule has 1 unspecified atom stereocenters. The van der Waals surface area contributed by atoms with Crippen LogP contribution in [0.1, 0.15) is 24.5 Å². The average molecular weight is 415 g/mol. The first-order chi connectivity index (χ1) is 14.4. The smallest absolute Gasteiger partial charge is 0.242 e. The van der Waals surface area contributed by atoms with Gasteiger partial charge in [0.15, 0.2) is 0 Å². The lowest BCUT2D eigenvalue weighted by Crippen LogP contribution is -2.43. The lowest BCUT2D eigenvalue weighted by Gasteiger charge is -2.27. The molecule has 0 radical (unpaired) electrons. The number of halogens is 3. The van der Waals surface area contributed by atoms with E-state index in [4.69, 9.17) is 4.74 Å². The van der Waals surface area contributed by atoms with E-state index in [0.29, 0.717) is 23.2 Å². The summed E-state index contributed by atoms with van der Waals surface area (Å²) in [5.41, 5.74) is 1.55. The van der Waals surface area contributed by atoms with E-state index in [1.807, 2.05) is 0 Å². The predicted octanol–water partition coefficient (Wildman–Crippen LogP) is 3.08. The van der Waals surface area contributed by atoms with Gasteiger partial charge in [-0.05, 0) is 24.6 Å². The molecule has 0 spiro atoms. The van der Waals surface area contributed by atoms with Gasteiger partial charge >= 0.3 is 0 Å². The number of H-pyrrole nitrogens is 1. The van der Waals surface area contributed by atoms with Crippen LogP contribution in [0.15, 0.2) is 30.3 Å². The van der Waals surface area contributed by atoms with Crippen molar-refractivity contribution in [3.8, 4) is 17.0 Å². The highest BCUT2D eigenvalue weighted by Gasteiger charge is 2.33. The Bertz CT molecular complexity index is 1210. The molecule has 9 heteroatoms. The largest absolute Gasteiger partial charge is 0.483 e. The number of amides is 2. The molecule has 1 fully saturated rings. The number of hydrogen-bond donors (Lipinski definition) is 3. The summed E-state index contributed by atoms with van der Waals surface area (Å²) in [5, 5.41) is 5.57. The molecule has 0 bridgehead atoms. The van der Waals surface area contributed by atoms with Crippen LogP contribution in [0.2, 0.25) is 0 Å². The number of fused-ring (bicyclic) bond motifs is 5. The molecular formula is C21H16F3N3O3. The number of hydrogen-bond acceptors (Lipinski definition) is 3. The summed E-state index contributed by atoms with van der Waals surface area (Å²) in [4.78, 5) is 26.7. The third-order valence-electron chi connectivity index (χ3n) is 5.44. The van der Waals surface area contributed by atoms with Crippen LogP contribution < -0.4 is 15.4 Å². The minimum atomic E-state index is -0.815. The quantitative estimate of drug-likeness (QED) is 0.615. The Morgan fingerprint density at radius 1 is 1.17 bits per heavy atom. The minimum Gasteiger partial charge on any atom is -0.483 e. The molecule has 0 saturated carbocycles. The highest BCUT2D eigenvalue weighted by Crippen LogP contribution is 2.45. The normalized spacial score (nSPS) is 19.8. The second kappa shape index (κ2) is 6.79. The first-order valence-electron chi connectivity index (χ1n) is 9.45. The van der Waals surface area contributed by atoms with Gasteiger partial charge in [-0.15, -0.1) is 0 Å². The van der Waals surface area contributed by atoms with E-state index in [2.05, 4.69) is 15.6 Å². The number of ether oxygens (including phenoxy) is 1. The number of rotatable bonds is 3. The van der Waals surface area contributed by atoms with Gasteiger partial charge in [-0.1, -0.05) is 0 Å². The third kappa shape index (κ3) is 2.97. The first-order valence-corrected chi connectivity index (χ1v) is 9.45. The number of carbonyl (C=O) groups is 2. The van der Waals surface area contributed by atoms with Gasteiger partial charge in [0.05, 0.1) is 17.8 Å². The van der Waals surface area contributed by atoms with Gasteiger partial charge in [-0.2, -0.15) is 0 Å². The van der Waals surface area contributed by atoms with Crippen LogP contribution in [0.25, 0.3) is 22.2 Å². The molecule has 30 heavy (non-hydrogen) atoms. The van der Waals surface area contributed by atoms with Crippen LogP contribution in [-0.4, -0.2) is 29.4 Å². The molecule has 154 valence electrons. The van der Waals surface area contributed by atoms with Crippen molar-refractivity contribution in [2.75, 3.05) is 6.54 Å². The van der Waals surface area contributed by atoms with Crippen molar-refractivity contribution < 1.29 is 27.5 Å². The Labute approximate surface area is 168 Å². The van der Waals surface area contributed by atoms with Gasteiger partial charge in [0.2, 0.25) is 11.8 Å². The fourth-order valence-corrected chi connectivity index (χ4v) is 4.07. The van der Waals surface area contributed by atoms with E-state index in [1.54, 1.807) is 0 Å². The van der Waals surface area contributed by atoms with Gasteiger partial charge in [-0.25, -0.2) is 13.2 Å². The molecule has 2 aromatic carbocycles. The fraction of sp³-hybridized carbons (Fsp3) is 0.238. The maximum absolute atomic E-state index is 14.4. The van der Waals surface area contributed by atoms with E-state index in [-0.39, 0.29) is 41.4 Å². The van der Waals surface area contributed by atoms with Crippen LogP contribution in [0.4, 0.5) is 13.2 Å². The van der Waals surface area contributed by atoms with Crippen molar-refractivity contribution >= 4 is 22.7 Å². The Balaban J connectivity index is 1.54. The van der Waals surface area contributed by atoms with E-state index >= 15 is 0 Å². The monoisotopic (exact) mass is 415 g/mol. The molecule has 3 aromatic rings. The zero-order chi connectivity index (χ0) is 21.0. The standard InChI is InChI=1S/C21H16F3N3O3/c22-9-1-2-11-15(7-9)30-16(8-25-21(29)14-3-4-17(28)26-14)18-12-5-10(23)6-13(24)19(12)27-20(11)18/h1-2,5-7,14,16,27H,3-4,8H2,(H,25,29)(H,26,28)/t14-,16?/m0/s1. The van der Waals surface area contributed by atoms with Crippen molar-refractivity contribution in [3.63, 3.8) is 0 Å². The zero-order valence-corrected chi connectivity index (χ0v) is 15.5. The summed E-state index contributed by atoms with van der Waals surface area (Å²) < 4.78 is 48.0. The maximum atomic E-state index is 14.4. The molecule has 6 nitrogen and oxygen atoms in total. The van der Waals surface area contributed by atoms with Crippen molar-refractivity contribution in [2.24, 2.45) is 0 Å². The highest BCUT2D eigenvalue weighted by molar-refractivity contribution is 5.94. The first kappa shape index (κ1) is 18.5. The Hall–Kier alpha value is -3.49. The molecule has 2 atom stereocenters. The molecule has 3 heterocycles. The molecule has 2 aliphatic rings. The summed E-state index contributed by atoms with van der Waals surface area (Å²) in [6.07, 6.45) is -0.153. The summed E-state index contributed by atoms with van der Waals surface area (Å²) in [6.45, 7) is -0.0285. The SMILES string of the molecule is O=C1CC[C@@H](C(=O)NCC2Oc3cc(F)ccc3-c3[nH]c4c(F)cc(F)cc4c32)N1. The molecular weight excluding hydrogens is 399 g/mol. The van der Waals surface area contributed by atoms with Crippen molar-refractivity contribution in [2.45, 2.75) is 25.0 Å². The van der Waals surface area contributed by atoms with Gasteiger partial charge in [0.25, 0.3) is 0 Å². The van der Waals surface area contributed by atoms with E-state index in [9.17, 15) is 22.8 Å². The number of carbonyl (C=O) groups excluding carboxylic acids is 2. The minimum absolute atomic E-state index is 0.0285. The van der Waals surface area contributed by atoms with Gasteiger partial charge < -0.3 is 20.4 Å². The zero-order valence-electron chi connectivity index (χ0n) is 15.5. The van der Waals surface area contributed by atoms with Crippen LogP contribution in [0.3, 0.4) is 0 Å². The lowest BCUT2D eigenvalue weighted by molar-refractivity contribution is -0.126. The molecule has 5 rings (SSSR count). The molecule has 1 aromatic heterocycles. The van der Waals surface area contributed by atoms with Gasteiger partial charge in [-0.3, -0.25) is 9.59 Å². The Morgan fingerprint density at radius 2 is 2.00 bits per heavy atom. The molecule has 2 aliphatic heterocycles. The van der Waals surface area contributed by atoms with Gasteiger partial charge in [0.1, 0.15) is 35.3 Å². The lowest BCUT2D eigenvalue weighted by atomic mass is 9.96. The summed E-state index contributed by atoms with van der Waals surface area (Å²) in [6, 6.07) is 5.28. The van der Waals surface area contributed by atoms with Crippen molar-refractivity contribution in [3.05, 3.63) is 53.3 Å². The van der Waals surface area contributed by atoms with Crippen molar-refractivity contribution in [1.29, 1.82) is 0 Å². The average Bonchev–Trinajstić information content (AvgIpc) is 3.30. The second-order valence-corrected chi connectivity index (χ2v) is 7.37. The Morgan fingerprint density at radius 3 is 2.77 bits per heavy atom. The van der Waals surface area contributed by atoms with E-state index < -0.39 is 29.6 Å². The van der Waals surface area contributed by atoms with Gasteiger partial charge in [0, 0.05) is 35.1 Å². The predicted molar refractivity (Wildman–Crippen MR) is 101 cm³/mol. The van der Waals surface area contributed by atoms with E-state index in [0.717, 1.165) is 6.07 Å². The maximum Gasteiger partial charge on any atom is 0.242 e. The van der Waals surface area contributed by atoms with E-state index in [1.165, 1.54) is 24.3 Å². The number of nitrogens with one attached hydrogen (secondary N) is 3. The van der Waals surface area contributed by atoms with Crippen LogP contribution >= 0.6 is 0 Å². The molecule has 3 N–H and O–H groups in total. The molecule has 1 saturated heterocycles. The van der Waals surface area contributed by atoms with Crippen LogP contribution in [-0.2, 0) is 9.59 Å². The number of aromatic nitrogens is 1. The summed E-state index contributed by atoms with van der Waals surface area (Å²) >= 11 is 0.